The van der Waals surface area contributed by atoms with Crippen LogP contribution < -0.4 is 19.8 Å². The summed E-state index contributed by atoms with van der Waals surface area (Å²) in [6.45, 7) is 0. The molecule has 0 spiro atoms. The number of methoxy groups -OCH3 is 1. The largest absolute Gasteiger partial charge is 0.497 e. The first-order valence-corrected chi connectivity index (χ1v) is 10.3. The van der Waals surface area contributed by atoms with Gasteiger partial charge in [-0.25, -0.2) is 18.2 Å². The van der Waals surface area contributed by atoms with Crippen LogP contribution in [0.1, 0.15) is 0 Å². The van der Waals surface area contributed by atoms with Gasteiger partial charge in [0.15, 0.2) is 0 Å². The van der Waals surface area contributed by atoms with Crippen molar-refractivity contribution < 1.29 is 22.3 Å². The zero-order valence-corrected chi connectivity index (χ0v) is 16.5. The van der Waals surface area contributed by atoms with Crippen molar-refractivity contribution in [3.8, 4) is 17.4 Å². The minimum atomic E-state index is -3.95. The third-order valence-electron chi connectivity index (χ3n) is 4.19. The number of anilines is 1. The molecule has 9 heteroatoms. The van der Waals surface area contributed by atoms with Crippen molar-refractivity contribution >= 4 is 26.7 Å². The molecule has 0 aliphatic rings. The van der Waals surface area contributed by atoms with E-state index in [0.29, 0.717) is 22.5 Å². The monoisotopic (exact) mass is 424 g/mol. The maximum absolute atomic E-state index is 12.9. The van der Waals surface area contributed by atoms with Crippen LogP contribution in [0.5, 0.6) is 17.4 Å². The maximum Gasteiger partial charge on any atom is 0.336 e. The van der Waals surface area contributed by atoms with Crippen molar-refractivity contribution in [3.05, 3.63) is 83.3 Å². The van der Waals surface area contributed by atoms with Crippen molar-refractivity contribution in [2.45, 2.75) is 4.90 Å². The summed E-state index contributed by atoms with van der Waals surface area (Å²) in [5.41, 5.74) is -0.0359. The van der Waals surface area contributed by atoms with E-state index in [1.165, 1.54) is 36.5 Å². The van der Waals surface area contributed by atoms with Crippen molar-refractivity contribution in [2.75, 3.05) is 11.8 Å². The average Bonchev–Trinajstić information content (AvgIpc) is 2.75. The van der Waals surface area contributed by atoms with Gasteiger partial charge in [0.1, 0.15) is 22.8 Å². The number of rotatable bonds is 6. The molecule has 2 aromatic carbocycles. The van der Waals surface area contributed by atoms with E-state index in [2.05, 4.69) is 9.71 Å². The fraction of sp³-hybridized carbons (Fsp3) is 0.0476. The Hall–Kier alpha value is -3.85. The minimum absolute atomic E-state index is 0.00287. The molecule has 0 unspecified atom stereocenters. The highest BCUT2D eigenvalue weighted by molar-refractivity contribution is 7.92. The van der Waals surface area contributed by atoms with E-state index in [9.17, 15) is 13.2 Å². The van der Waals surface area contributed by atoms with Gasteiger partial charge in [0, 0.05) is 17.6 Å². The van der Waals surface area contributed by atoms with Crippen molar-refractivity contribution in [1.82, 2.24) is 4.98 Å². The SMILES string of the molecule is COc1ccc(Oc2ncccc2NS(=O)(=O)c2ccc3oc(=O)ccc3c2)cc1. The lowest BCUT2D eigenvalue weighted by Crippen LogP contribution is -2.14. The van der Waals surface area contributed by atoms with Crippen molar-refractivity contribution in [1.29, 1.82) is 0 Å². The summed E-state index contributed by atoms with van der Waals surface area (Å²) in [4.78, 5) is 15.4. The molecule has 0 atom stereocenters. The molecule has 1 N–H and O–H groups in total. The van der Waals surface area contributed by atoms with Crippen LogP contribution in [0, 0.1) is 0 Å². The second kappa shape index (κ2) is 7.88. The van der Waals surface area contributed by atoms with E-state index >= 15 is 0 Å². The molecule has 8 nitrogen and oxygen atoms in total. The summed E-state index contributed by atoms with van der Waals surface area (Å²) in [6, 6.07) is 16.9. The van der Waals surface area contributed by atoms with E-state index < -0.39 is 15.6 Å². The number of aromatic nitrogens is 1. The molecule has 0 saturated carbocycles. The topological polar surface area (TPSA) is 108 Å². The molecule has 0 saturated heterocycles. The predicted octanol–water partition coefficient (Wildman–Crippen LogP) is 3.79. The summed E-state index contributed by atoms with van der Waals surface area (Å²) in [6.07, 6.45) is 1.49. The molecule has 0 radical (unpaired) electrons. The first kappa shape index (κ1) is 19.5. The molecule has 4 rings (SSSR count). The number of hydrogen-bond acceptors (Lipinski definition) is 7. The molecule has 0 aliphatic heterocycles. The van der Waals surface area contributed by atoms with Crippen LogP contribution in [0.3, 0.4) is 0 Å². The quantitative estimate of drug-likeness (QED) is 0.469. The Kier molecular flexibility index (Phi) is 5.11. The van der Waals surface area contributed by atoms with Crippen LogP contribution >= 0.6 is 0 Å². The van der Waals surface area contributed by atoms with E-state index in [-0.39, 0.29) is 16.5 Å². The molecule has 2 heterocycles. The Bertz CT molecular complexity index is 1360. The number of nitrogens with zero attached hydrogens (tertiary/aromatic N) is 1. The van der Waals surface area contributed by atoms with Crippen LogP contribution in [-0.4, -0.2) is 20.5 Å². The van der Waals surface area contributed by atoms with E-state index in [1.807, 2.05) is 0 Å². The maximum atomic E-state index is 12.9. The standard InChI is InChI=1S/C21H16N2O6S/c1-27-15-5-7-16(8-6-15)28-21-18(3-2-12-22-21)23-30(25,26)17-9-10-19-14(13-17)4-11-20(24)29-19/h2-13,23H,1H3. The van der Waals surface area contributed by atoms with E-state index in [1.54, 1.807) is 43.5 Å². The number of sulfonamides is 1. The van der Waals surface area contributed by atoms with E-state index in [0.717, 1.165) is 0 Å². The minimum Gasteiger partial charge on any atom is -0.497 e. The summed E-state index contributed by atoms with van der Waals surface area (Å²) >= 11 is 0. The summed E-state index contributed by atoms with van der Waals surface area (Å²) in [5.74, 6) is 1.23. The van der Waals surface area contributed by atoms with Crippen LogP contribution in [0.4, 0.5) is 5.69 Å². The van der Waals surface area contributed by atoms with Crippen LogP contribution in [0.15, 0.2) is 87.0 Å². The van der Waals surface area contributed by atoms with Crippen LogP contribution in [-0.2, 0) is 10.0 Å². The Morgan fingerprint density at radius 1 is 0.967 bits per heavy atom. The first-order valence-electron chi connectivity index (χ1n) is 8.78. The number of pyridine rings is 1. The van der Waals surface area contributed by atoms with Gasteiger partial charge < -0.3 is 13.9 Å². The Morgan fingerprint density at radius 2 is 1.73 bits per heavy atom. The fourth-order valence-corrected chi connectivity index (χ4v) is 3.82. The van der Waals surface area contributed by atoms with Gasteiger partial charge in [-0.05, 0) is 60.7 Å². The number of fused-ring (bicyclic) bond motifs is 1. The van der Waals surface area contributed by atoms with Gasteiger partial charge in [-0.15, -0.1) is 0 Å². The molecule has 0 fully saturated rings. The van der Waals surface area contributed by atoms with Gasteiger partial charge in [-0.2, -0.15) is 0 Å². The zero-order chi connectivity index (χ0) is 21.1. The van der Waals surface area contributed by atoms with Gasteiger partial charge in [-0.1, -0.05) is 0 Å². The van der Waals surface area contributed by atoms with E-state index in [4.69, 9.17) is 13.9 Å². The summed E-state index contributed by atoms with van der Waals surface area (Å²) in [7, 11) is -2.39. The molecule has 2 aromatic heterocycles. The fourth-order valence-electron chi connectivity index (χ4n) is 2.73. The number of ether oxygens (including phenoxy) is 2. The van der Waals surface area contributed by atoms with Gasteiger partial charge in [0.05, 0.1) is 12.0 Å². The van der Waals surface area contributed by atoms with Gasteiger partial charge in [-0.3, -0.25) is 4.72 Å². The molecule has 0 aliphatic carbocycles. The first-order chi connectivity index (χ1) is 14.4. The molecule has 0 amide bonds. The van der Waals surface area contributed by atoms with Crippen LogP contribution in [0.2, 0.25) is 0 Å². The number of nitrogens with one attached hydrogen (secondary N) is 1. The molecule has 4 aromatic rings. The summed E-state index contributed by atoms with van der Waals surface area (Å²) < 4.78 is 44.2. The van der Waals surface area contributed by atoms with Crippen molar-refractivity contribution in [2.24, 2.45) is 0 Å². The van der Waals surface area contributed by atoms with Gasteiger partial charge in [0.2, 0.25) is 5.88 Å². The van der Waals surface area contributed by atoms with Crippen LogP contribution in [0.25, 0.3) is 11.0 Å². The second-order valence-corrected chi connectivity index (χ2v) is 7.88. The Balaban J connectivity index is 1.63. The molecule has 152 valence electrons. The molecular weight excluding hydrogens is 408 g/mol. The normalized spacial score (nSPS) is 11.2. The predicted molar refractivity (Wildman–Crippen MR) is 111 cm³/mol. The Labute approximate surface area is 171 Å². The molecule has 0 bridgehead atoms. The second-order valence-electron chi connectivity index (χ2n) is 6.19. The molecule has 30 heavy (non-hydrogen) atoms. The lowest BCUT2D eigenvalue weighted by atomic mass is 10.2. The van der Waals surface area contributed by atoms with Gasteiger partial charge >= 0.3 is 5.63 Å². The number of hydrogen-bond donors (Lipinski definition) is 1. The lowest BCUT2D eigenvalue weighted by molar-refractivity contribution is 0.412. The van der Waals surface area contributed by atoms with Gasteiger partial charge in [0.25, 0.3) is 10.0 Å². The highest BCUT2D eigenvalue weighted by atomic mass is 32.2. The highest BCUT2D eigenvalue weighted by Gasteiger charge is 2.18. The molecular formula is C21H16N2O6S. The smallest absolute Gasteiger partial charge is 0.336 e. The third kappa shape index (κ3) is 4.11. The number of benzene rings is 2. The average molecular weight is 424 g/mol. The summed E-state index contributed by atoms with van der Waals surface area (Å²) in [5, 5.41) is 0.485. The third-order valence-corrected chi connectivity index (χ3v) is 5.55. The highest BCUT2D eigenvalue weighted by Crippen LogP contribution is 2.30. The Morgan fingerprint density at radius 3 is 2.50 bits per heavy atom. The lowest BCUT2D eigenvalue weighted by Gasteiger charge is -2.13. The van der Waals surface area contributed by atoms with Crippen molar-refractivity contribution in [3.63, 3.8) is 0 Å². The zero-order valence-electron chi connectivity index (χ0n) is 15.7.